The zero-order chi connectivity index (χ0) is 14.5. The summed E-state index contributed by atoms with van der Waals surface area (Å²) >= 11 is 1.29. The minimum Gasteiger partial charge on any atom is -0.396 e. The second kappa shape index (κ2) is 6.08. The Morgan fingerprint density at radius 2 is 2.20 bits per heavy atom. The summed E-state index contributed by atoms with van der Waals surface area (Å²) in [6.07, 6.45) is 0. The van der Waals surface area contributed by atoms with E-state index in [4.69, 9.17) is 11.0 Å². The van der Waals surface area contributed by atoms with Gasteiger partial charge in [0.15, 0.2) is 0 Å². The maximum atomic E-state index is 12.1. The summed E-state index contributed by atoms with van der Waals surface area (Å²) in [5, 5.41) is 16.5. The van der Waals surface area contributed by atoms with Crippen LogP contribution in [0.1, 0.15) is 20.8 Å². The van der Waals surface area contributed by atoms with Gasteiger partial charge in [-0.1, -0.05) is 18.2 Å². The highest BCUT2D eigenvalue weighted by molar-refractivity contribution is 7.13. The fourth-order valence-electron chi connectivity index (χ4n) is 1.78. The maximum absolute atomic E-state index is 12.1. The molecule has 0 aliphatic heterocycles. The summed E-state index contributed by atoms with van der Waals surface area (Å²) in [5.41, 5.74) is 8.41. The normalized spacial score (nSPS) is 9.80. The lowest BCUT2D eigenvalue weighted by molar-refractivity contribution is 0.0956. The smallest absolute Gasteiger partial charge is 0.263 e. The molecule has 0 saturated heterocycles. The monoisotopic (exact) mass is 286 g/mol. The minimum atomic E-state index is -0.234. The van der Waals surface area contributed by atoms with Gasteiger partial charge < -0.3 is 16.4 Å². The molecule has 1 amide bonds. The van der Waals surface area contributed by atoms with Gasteiger partial charge in [0.25, 0.3) is 5.91 Å². The molecule has 0 unspecified atom stereocenters. The summed E-state index contributed by atoms with van der Waals surface area (Å²) in [4.78, 5) is 12.6. The third-order valence-corrected chi connectivity index (χ3v) is 3.88. The van der Waals surface area contributed by atoms with Crippen LogP contribution in [-0.4, -0.2) is 13.0 Å². The molecular weight excluding hydrogens is 272 g/mol. The van der Waals surface area contributed by atoms with Crippen molar-refractivity contribution in [2.45, 2.75) is 6.54 Å². The standard InChI is InChI=1S/C14H14N4OS/c1-17-11-8-20-13(12(11)16)14(19)18-7-10-5-3-2-4-9(10)6-15/h2-5,8,17H,7,16H2,1H3,(H,18,19). The number of hydrogen-bond acceptors (Lipinski definition) is 5. The Hall–Kier alpha value is -2.52. The molecule has 0 aliphatic rings. The number of carbonyl (C=O) groups is 1. The maximum Gasteiger partial charge on any atom is 0.263 e. The average Bonchev–Trinajstić information content (AvgIpc) is 2.86. The molecule has 0 aliphatic carbocycles. The number of nitrogens with two attached hydrogens (primary N) is 1. The molecular formula is C14H14N4OS. The SMILES string of the molecule is CNc1csc(C(=O)NCc2ccccc2C#N)c1N. The number of nitriles is 1. The number of benzene rings is 1. The van der Waals surface area contributed by atoms with Gasteiger partial charge in [-0.25, -0.2) is 0 Å². The van der Waals surface area contributed by atoms with Gasteiger partial charge >= 0.3 is 0 Å². The lowest BCUT2D eigenvalue weighted by Gasteiger charge is -2.06. The summed E-state index contributed by atoms with van der Waals surface area (Å²) < 4.78 is 0. The summed E-state index contributed by atoms with van der Waals surface area (Å²) in [7, 11) is 1.75. The van der Waals surface area contributed by atoms with Crippen molar-refractivity contribution in [1.82, 2.24) is 5.32 Å². The van der Waals surface area contributed by atoms with Gasteiger partial charge in [-0.15, -0.1) is 11.3 Å². The molecule has 102 valence electrons. The zero-order valence-electron chi connectivity index (χ0n) is 10.9. The van der Waals surface area contributed by atoms with Crippen molar-refractivity contribution in [2.75, 3.05) is 18.1 Å². The number of hydrogen-bond donors (Lipinski definition) is 3. The van der Waals surface area contributed by atoms with Crippen molar-refractivity contribution in [3.63, 3.8) is 0 Å². The van der Waals surface area contributed by atoms with Crippen LogP contribution in [0.4, 0.5) is 11.4 Å². The van der Waals surface area contributed by atoms with E-state index in [0.717, 1.165) is 11.3 Å². The van der Waals surface area contributed by atoms with Crippen LogP contribution >= 0.6 is 11.3 Å². The van der Waals surface area contributed by atoms with Gasteiger partial charge in [0, 0.05) is 19.0 Å². The Balaban J connectivity index is 2.09. The van der Waals surface area contributed by atoms with Gasteiger partial charge in [0.05, 0.1) is 23.0 Å². The van der Waals surface area contributed by atoms with Crippen molar-refractivity contribution < 1.29 is 4.79 Å². The summed E-state index contributed by atoms with van der Waals surface area (Å²) in [6.45, 7) is 0.300. The van der Waals surface area contributed by atoms with Crippen LogP contribution < -0.4 is 16.4 Å². The number of amides is 1. The number of carbonyl (C=O) groups excluding carboxylic acids is 1. The van der Waals surface area contributed by atoms with E-state index in [2.05, 4.69) is 16.7 Å². The first-order valence-corrected chi connectivity index (χ1v) is 6.86. The molecule has 0 fully saturated rings. The molecule has 5 nitrogen and oxygen atoms in total. The quantitative estimate of drug-likeness (QED) is 0.803. The Morgan fingerprint density at radius 3 is 2.85 bits per heavy atom. The van der Waals surface area contributed by atoms with E-state index >= 15 is 0 Å². The Kier molecular flexibility index (Phi) is 4.23. The van der Waals surface area contributed by atoms with Crippen molar-refractivity contribution in [1.29, 1.82) is 5.26 Å². The topological polar surface area (TPSA) is 90.9 Å². The van der Waals surface area contributed by atoms with Crippen LogP contribution in [-0.2, 0) is 6.54 Å². The largest absolute Gasteiger partial charge is 0.396 e. The first-order chi connectivity index (χ1) is 9.67. The molecule has 0 radical (unpaired) electrons. The highest BCUT2D eigenvalue weighted by Crippen LogP contribution is 2.29. The lowest BCUT2D eigenvalue weighted by Crippen LogP contribution is -2.23. The van der Waals surface area contributed by atoms with Crippen LogP contribution in [0.5, 0.6) is 0 Å². The number of nitrogens with zero attached hydrogens (tertiary/aromatic N) is 1. The molecule has 1 aromatic heterocycles. The number of thiophene rings is 1. The van der Waals surface area contributed by atoms with E-state index in [0.29, 0.717) is 22.7 Å². The fourth-order valence-corrected chi connectivity index (χ4v) is 2.67. The Morgan fingerprint density at radius 1 is 1.45 bits per heavy atom. The van der Waals surface area contributed by atoms with Crippen LogP contribution in [0, 0.1) is 11.3 Å². The first kappa shape index (κ1) is 13.9. The van der Waals surface area contributed by atoms with E-state index in [1.807, 2.05) is 12.1 Å². The van der Waals surface area contributed by atoms with E-state index in [1.54, 1.807) is 24.6 Å². The van der Waals surface area contributed by atoms with E-state index in [1.165, 1.54) is 11.3 Å². The number of nitrogens with one attached hydrogen (secondary N) is 2. The number of rotatable bonds is 4. The molecule has 2 rings (SSSR count). The van der Waals surface area contributed by atoms with Crippen molar-refractivity contribution >= 4 is 28.6 Å². The molecule has 0 bridgehead atoms. The van der Waals surface area contributed by atoms with Crippen LogP contribution in [0.2, 0.25) is 0 Å². The summed E-state index contributed by atoms with van der Waals surface area (Å²) in [6, 6.07) is 9.26. The Bertz CT molecular complexity index is 672. The van der Waals surface area contributed by atoms with Crippen LogP contribution in [0.25, 0.3) is 0 Å². The molecule has 0 atom stereocenters. The van der Waals surface area contributed by atoms with Gasteiger partial charge in [-0.05, 0) is 11.6 Å². The molecule has 20 heavy (non-hydrogen) atoms. The van der Waals surface area contributed by atoms with Gasteiger partial charge in [0.2, 0.25) is 0 Å². The average molecular weight is 286 g/mol. The molecule has 6 heteroatoms. The van der Waals surface area contributed by atoms with Gasteiger partial charge in [-0.2, -0.15) is 5.26 Å². The van der Waals surface area contributed by atoms with E-state index < -0.39 is 0 Å². The van der Waals surface area contributed by atoms with E-state index in [9.17, 15) is 4.79 Å². The minimum absolute atomic E-state index is 0.234. The third-order valence-electron chi connectivity index (χ3n) is 2.88. The second-order valence-corrected chi connectivity index (χ2v) is 4.97. The predicted octanol–water partition coefficient (Wildman–Crippen LogP) is 2.17. The summed E-state index contributed by atoms with van der Waals surface area (Å²) in [5.74, 6) is -0.234. The fraction of sp³-hybridized carbons (Fsp3) is 0.143. The van der Waals surface area contributed by atoms with Gasteiger partial charge in [-0.3, -0.25) is 4.79 Å². The van der Waals surface area contributed by atoms with Crippen molar-refractivity contribution in [2.24, 2.45) is 0 Å². The molecule has 0 spiro atoms. The number of nitrogen functional groups attached to an aromatic ring is 1. The molecule has 1 heterocycles. The Labute approximate surface area is 121 Å². The van der Waals surface area contributed by atoms with Gasteiger partial charge in [0.1, 0.15) is 4.88 Å². The molecule has 4 N–H and O–H groups in total. The van der Waals surface area contributed by atoms with Crippen LogP contribution in [0.3, 0.4) is 0 Å². The molecule has 0 saturated carbocycles. The van der Waals surface area contributed by atoms with E-state index in [-0.39, 0.29) is 5.91 Å². The van der Waals surface area contributed by atoms with Crippen LogP contribution in [0.15, 0.2) is 29.6 Å². The zero-order valence-corrected chi connectivity index (χ0v) is 11.8. The predicted molar refractivity (Wildman–Crippen MR) is 80.6 cm³/mol. The number of anilines is 2. The third kappa shape index (κ3) is 2.73. The molecule has 1 aromatic carbocycles. The highest BCUT2D eigenvalue weighted by atomic mass is 32.1. The highest BCUT2D eigenvalue weighted by Gasteiger charge is 2.15. The molecule has 2 aromatic rings. The first-order valence-electron chi connectivity index (χ1n) is 5.98. The van der Waals surface area contributed by atoms with Crippen molar-refractivity contribution in [3.8, 4) is 6.07 Å². The van der Waals surface area contributed by atoms with Crippen molar-refractivity contribution in [3.05, 3.63) is 45.6 Å². The lowest BCUT2D eigenvalue weighted by atomic mass is 10.1. The second-order valence-electron chi connectivity index (χ2n) is 4.09.